The molecule has 1 aromatic carbocycles. The van der Waals surface area contributed by atoms with Crippen LogP contribution in [0.2, 0.25) is 0 Å². The Labute approximate surface area is 160 Å². The van der Waals surface area contributed by atoms with Crippen molar-refractivity contribution >= 4 is 22.9 Å². The number of hydrogen-bond acceptors (Lipinski definition) is 6. The molecule has 6 nitrogen and oxygen atoms in total. The summed E-state index contributed by atoms with van der Waals surface area (Å²) in [6.45, 7) is 1.81. The van der Waals surface area contributed by atoms with Gasteiger partial charge in [-0.15, -0.1) is 11.3 Å². The molecule has 3 aromatic heterocycles. The summed E-state index contributed by atoms with van der Waals surface area (Å²) in [5, 5.41) is 4.76. The highest BCUT2D eigenvalue weighted by Crippen LogP contribution is 2.26. The lowest BCUT2D eigenvalue weighted by atomic mass is 10.2. The molecule has 0 atom stereocenters. The van der Waals surface area contributed by atoms with Gasteiger partial charge in [0.15, 0.2) is 5.82 Å². The highest BCUT2D eigenvalue weighted by atomic mass is 32.1. The molecule has 4 aromatic rings. The van der Waals surface area contributed by atoms with E-state index in [0.29, 0.717) is 28.9 Å². The second-order valence-electron chi connectivity index (χ2n) is 5.89. The van der Waals surface area contributed by atoms with Crippen molar-refractivity contribution in [3.8, 4) is 22.2 Å². The zero-order chi connectivity index (χ0) is 18.6. The van der Waals surface area contributed by atoms with Crippen LogP contribution in [-0.4, -0.2) is 20.9 Å². The van der Waals surface area contributed by atoms with Gasteiger partial charge in [0.2, 0.25) is 11.8 Å². The van der Waals surface area contributed by atoms with Gasteiger partial charge in [0, 0.05) is 5.56 Å². The maximum atomic E-state index is 12.3. The maximum absolute atomic E-state index is 12.3. The van der Waals surface area contributed by atoms with E-state index in [1.807, 2.05) is 54.8 Å². The zero-order valence-electron chi connectivity index (χ0n) is 14.5. The first-order chi connectivity index (χ1) is 13.2. The first-order valence-corrected chi connectivity index (χ1v) is 9.24. The van der Waals surface area contributed by atoms with Gasteiger partial charge in [-0.3, -0.25) is 4.79 Å². The Bertz CT molecular complexity index is 1040. The Kier molecular flexibility index (Phi) is 4.76. The summed E-state index contributed by atoms with van der Waals surface area (Å²) in [6.07, 6.45) is 3.32. The van der Waals surface area contributed by atoms with Crippen molar-refractivity contribution in [3.05, 3.63) is 71.7 Å². The quantitative estimate of drug-likeness (QED) is 0.560. The summed E-state index contributed by atoms with van der Waals surface area (Å²) in [5.41, 5.74) is 2.09. The highest BCUT2D eigenvalue weighted by molar-refractivity contribution is 7.13. The van der Waals surface area contributed by atoms with E-state index in [1.54, 1.807) is 23.7 Å². The van der Waals surface area contributed by atoms with Crippen LogP contribution in [0.1, 0.15) is 11.5 Å². The monoisotopic (exact) mass is 376 g/mol. The number of nitrogens with one attached hydrogen (secondary N) is 1. The first kappa shape index (κ1) is 17.1. The lowest BCUT2D eigenvalue weighted by Gasteiger charge is -2.05. The fraction of sp³-hybridized carbons (Fsp3) is 0.100. The van der Waals surface area contributed by atoms with Gasteiger partial charge < -0.3 is 9.73 Å². The largest absolute Gasteiger partial charge is 0.440 e. The number of carbonyl (C=O) groups is 1. The smallest absolute Gasteiger partial charge is 0.236 e. The van der Waals surface area contributed by atoms with Crippen LogP contribution in [0, 0.1) is 6.92 Å². The number of nitrogens with zero attached hydrogens (tertiary/aromatic N) is 3. The molecular formula is C20H16N4O2S. The lowest BCUT2D eigenvalue weighted by Crippen LogP contribution is -2.15. The van der Waals surface area contributed by atoms with Crippen molar-refractivity contribution in [1.29, 1.82) is 0 Å². The maximum Gasteiger partial charge on any atom is 0.236 e. The van der Waals surface area contributed by atoms with Gasteiger partial charge in [0.05, 0.1) is 35.1 Å². The Morgan fingerprint density at radius 2 is 1.89 bits per heavy atom. The van der Waals surface area contributed by atoms with E-state index in [1.165, 1.54) is 0 Å². The Morgan fingerprint density at radius 3 is 2.59 bits per heavy atom. The summed E-state index contributed by atoms with van der Waals surface area (Å²) in [5.74, 6) is 1.60. The van der Waals surface area contributed by atoms with Gasteiger partial charge in [0.1, 0.15) is 5.76 Å². The molecule has 134 valence electrons. The summed E-state index contributed by atoms with van der Waals surface area (Å²) < 4.78 is 5.67. The summed E-state index contributed by atoms with van der Waals surface area (Å²) in [4.78, 5) is 26.3. The van der Waals surface area contributed by atoms with Gasteiger partial charge >= 0.3 is 0 Å². The fourth-order valence-corrected chi connectivity index (χ4v) is 3.23. The molecule has 1 N–H and O–H groups in total. The van der Waals surface area contributed by atoms with E-state index in [4.69, 9.17) is 4.42 Å². The molecule has 0 radical (unpaired) electrons. The Morgan fingerprint density at radius 1 is 1.11 bits per heavy atom. The number of carbonyl (C=O) groups excluding carboxylic acids is 1. The van der Waals surface area contributed by atoms with E-state index < -0.39 is 0 Å². The molecule has 0 aliphatic carbocycles. The minimum Gasteiger partial charge on any atom is -0.440 e. The lowest BCUT2D eigenvalue weighted by molar-refractivity contribution is -0.115. The second kappa shape index (κ2) is 7.51. The SMILES string of the molecule is Cc1oc(-c2cccs2)nc1CC(=O)Nc1cnc(-c2ccccc2)nc1. The van der Waals surface area contributed by atoms with Crippen molar-refractivity contribution in [1.82, 2.24) is 15.0 Å². The fourth-order valence-electron chi connectivity index (χ4n) is 2.58. The van der Waals surface area contributed by atoms with Crippen molar-refractivity contribution in [2.45, 2.75) is 13.3 Å². The number of aromatic nitrogens is 3. The van der Waals surface area contributed by atoms with Gasteiger partial charge in [-0.1, -0.05) is 36.4 Å². The predicted octanol–water partition coefficient (Wildman–Crippen LogP) is 4.35. The highest BCUT2D eigenvalue weighted by Gasteiger charge is 2.15. The van der Waals surface area contributed by atoms with Crippen LogP contribution in [0.5, 0.6) is 0 Å². The summed E-state index contributed by atoms with van der Waals surface area (Å²) in [6, 6.07) is 13.5. The van der Waals surface area contributed by atoms with E-state index in [2.05, 4.69) is 20.3 Å². The number of anilines is 1. The van der Waals surface area contributed by atoms with E-state index in [0.717, 1.165) is 10.4 Å². The minimum absolute atomic E-state index is 0.126. The molecule has 0 aliphatic heterocycles. The van der Waals surface area contributed by atoms with Crippen LogP contribution in [0.4, 0.5) is 5.69 Å². The summed E-state index contributed by atoms with van der Waals surface area (Å²) >= 11 is 1.55. The van der Waals surface area contributed by atoms with Crippen molar-refractivity contribution in [2.24, 2.45) is 0 Å². The van der Waals surface area contributed by atoms with Crippen LogP contribution in [0.15, 0.2) is 64.7 Å². The van der Waals surface area contributed by atoms with E-state index in [-0.39, 0.29) is 12.3 Å². The number of benzene rings is 1. The Balaban J connectivity index is 1.42. The van der Waals surface area contributed by atoms with Crippen LogP contribution >= 0.6 is 11.3 Å². The number of rotatable bonds is 5. The predicted molar refractivity (Wildman–Crippen MR) is 104 cm³/mol. The molecule has 4 rings (SSSR count). The molecule has 0 bridgehead atoms. The van der Waals surface area contributed by atoms with E-state index >= 15 is 0 Å². The molecule has 7 heteroatoms. The van der Waals surface area contributed by atoms with Gasteiger partial charge in [-0.2, -0.15) is 0 Å². The topological polar surface area (TPSA) is 80.9 Å². The zero-order valence-corrected chi connectivity index (χ0v) is 15.4. The number of aryl methyl sites for hydroxylation is 1. The first-order valence-electron chi connectivity index (χ1n) is 8.36. The second-order valence-corrected chi connectivity index (χ2v) is 6.83. The minimum atomic E-state index is -0.194. The van der Waals surface area contributed by atoms with Gasteiger partial charge in [-0.05, 0) is 18.4 Å². The molecule has 0 fully saturated rings. The van der Waals surface area contributed by atoms with Gasteiger partial charge in [-0.25, -0.2) is 15.0 Å². The number of hydrogen-bond donors (Lipinski definition) is 1. The molecule has 0 saturated heterocycles. The van der Waals surface area contributed by atoms with Crippen LogP contribution < -0.4 is 5.32 Å². The third-order valence-electron chi connectivity index (χ3n) is 3.92. The molecule has 0 saturated carbocycles. The van der Waals surface area contributed by atoms with Crippen LogP contribution in [-0.2, 0) is 11.2 Å². The van der Waals surface area contributed by atoms with Crippen molar-refractivity contribution < 1.29 is 9.21 Å². The average molecular weight is 376 g/mol. The Hall–Kier alpha value is -3.32. The van der Waals surface area contributed by atoms with Crippen molar-refractivity contribution in [2.75, 3.05) is 5.32 Å². The molecule has 0 unspecified atom stereocenters. The number of amides is 1. The van der Waals surface area contributed by atoms with Crippen molar-refractivity contribution in [3.63, 3.8) is 0 Å². The molecule has 27 heavy (non-hydrogen) atoms. The normalized spacial score (nSPS) is 10.7. The molecule has 0 spiro atoms. The standard InChI is InChI=1S/C20H16N4O2S/c1-13-16(24-20(26-13)17-8-5-9-27-17)10-18(25)23-15-11-21-19(22-12-15)14-6-3-2-4-7-14/h2-9,11-12H,10H2,1H3,(H,23,25). The number of thiophene rings is 1. The van der Waals surface area contributed by atoms with E-state index in [9.17, 15) is 4.79 Å². The van der Waals surface area contributed by atoms with Crippen LogP contribution in [0.3, 0.4) is 0 Å². The van der Waals surface area contributed by atoms with Gasteiger partial charge in [0.25, 0.3) is 0 Å². The number of oxazole rings is 1. The third-order valence-corrected chi connectivity index (χ3v) is 4.78. The van der Waals surface area contributed by atoms with Crippen LogP contribution in [0.25, 0.3) is 22.2 Å². The average Bonchev–Trinajstić information content (AvgIpc) is 3.33. The molecule has 1 amide bonds. The third kappa shape index (κ3) is 3.93. The molecular weight excluding hydrogens is 360 g/mol. The summed E-state index contributed by atoms with van der Waals surface area (Å²) in [7, 11) is 0. The molecule has 0 aliphatic rings. The molecule has 3 heterocycles.